The molecule has 0 saturated heterocycles. The molecule has 0 fully saturated rings. The largest absolute Gasteiger partial charge is 0.399 e. The van der Waals surface area contributed by atoms with Crippen molar-refractivity contribution < 1.29 is 5.11 Å². The molecule has 0 aliphatic heterocycles. The van der Waals surface area contributed by atoms with Crippen LogP contribution in [0.15, 0.2) is 48.5 Å². The molecule has 2 aromatic carbocycles. The first-order valence-electron chi connectivity index (χ1n) is 6.30. The van der Waals surface area contributed by atoms with Gasteiger partial charge in [-0.2, -0.15) is 0 Å². The number of aliphatic hydroxyl groups is 1. The molecular weight excluding hydrogens is 222 g/mol. The summed E-state index contributed by atoms with van der Waals surface area (Å²) in [5, 5.41) is 10.2. The summed E-state index contributed by atoms with van der Waals surface area (Å²) in [6, 6.07) is 15.8. The predicted molar refractivity (Wildman–Crippen MR) is 75.3 cm³/mol. The molecule has 0 aliphatic rings. The molecular formula is C16H19NO. The zero-order valence-electron chi connectivity index (χ0n) is 10.6. The highest BCUT2D eigenvalue weighted by Gasteiger charge is 2.08. The Hall–Kier alpha value is -1.80. The Morgan fingerprint density at radius 1 is 0.944 bits per heavy atom. The fraction of sp³-hybridized carbons (Fsp3) is 0.250. The van der Waals surface area contributed by atoms with Crippen LogP contribution in [0.2, 0.25) is 0 Å². The van der Waals surface area contributed by atoms with Crippen molar-refractivity contribution in [3.63, 3.8) is 0 Å². The molecule has 1 unspecified atom stereocenters. The van der Waals surface area contributed by atoms with E-state index in [0.717, 1.165) is 23.2 Å². The third-order valence-electron chi connectivity index (χ3n) is 3.18. The lowest BCUT2D eigenvalue weighted by atomic mass is 10.00. The van der Waals surface area contributed by atoms with Crippen LogP contribution in [0, 0.1) is 0 Å². The first kappa shape index (κ1) is 12.7. The van der Waals surface area contributed by atoms with Crippen molar-refractivity contribution in [2.75, 3.05) is 5.73 Å². The summed E-state index contributed by atoms with van der Waals surface area (Å²) in [7, 11) is 0. The summed E-state index contributed by atoms with van der Waals surface area (Å²) < 4.78 is 0. The maximum atomic E-state index is 10.2. The molecule has 0 aliphatic carbocycles. The maximum absolute atomic E-state index is 10.2. The summed E-state index contributed by atoms with van der Waals surface area (Å²) in [4.78, 5) is 0. The standard InChI is InChI=1S/C16H19NO/c1-2-12-3-5-13(6-4-12)11-16(18)14-7-9-15(17)10-8-14/h3-10,16,18H,2,11,17H2,1H3. The molecule has 0 amide bonds. The van der Waals surface area contributed by atoms with Crippen molar-refractivity contribution in [1.29, 1.82) is 0 Å². The van der Waals surface area contributed by atoms with Crippen molar-refractivity contribution in [3.05, 3.63) is 65.2 Å². The van der Waals surface area contributed by atoms with Gasteiger partial charge in [0, 0.05) is 12.1 Å². The first-order valence-corrected chi connectivity index (χ1v) is 6.30. The van der Waals surface area contributed by atoms with Gasteiger partial charge in [0.25, 0.3) is 0 Å². The molecule has 0 spiro atoms. The van der Waals surface area contributed by atoms with Gasteiger partial charge in [-0.3, -0.25) is 0 Å². The van der Waals surface area contributed by atoms with Gasteiger partial charge in [-0.15, -0.1) is 0 Å². The van der Waals surface area contributed by atoms with Gasteiger partial charge in [0.2, 0.25) is 0 Å². The number of hydrogen-bond acceptors (Lipinski definition) is 2. The van der Waals surface area contributed by atoms with Crippen LogP contribution in [0.4, 0.5) is 5.69 Å². The molecule has 94 valence electrons. The summed E-state index contributed by atoms with van der Waals surface area (Å²) in [5.74, 6) is 0. The number of benzene rings is 2. The van der Waals surface area contributed by atoms with Crippen LogP contribution in [0.5, 0.6) is 0 Å². The molecule has 2 aromatic rings. The highest BCUT2D eigenvalue weighted by Crippen LogP contribution is 2.19. The molecule has 0 bridgehead atoms. The number of rotatable bonds is 4. The molecule has 3 N–H and O–H groups in total. The first-order chi connectivity index (χ1) is 8.69. The van der Waals surface area contributed by atoms with Crippen molar-refractivity contribution in [1.82, 2.24) is 0 Å². The van der Waals surface area contributed by atoms with E-state index in [1.165, 1.54) is 5.56 Å². The van der Waals surface area contributed by atoms with Gasteiger partial charge in [-0.25, -0.2) is 0 Å². The molecule has 2 nitrogen and oxygen atoms in total. The monoisotopic (exact) mass is 241 g/mol. The summed E-state index contributed by atoms with van der Waals surface area (Å²) in [5.41, 5.74) is 9.73. The zero-order chi connectivity index (χ0) is 13.0. The summed E-state index contributed by atoms with van der Waals surface area (Å²) >= 11 is 0. The number of nitrogen functional groups attached to an aromatic ring is 1. The second kappa shape index (κ2) is 5.69. The Labute approximate surface area is 108 Å². The van der Waals surface area contributed by atoms with Crippen molar-refractivity contribution in [3.8, 4) is 0 Å². The maximum Gasteiger partial charge on any atom is 0.0830 e. The van der Waals surface area contributed by atoms with E-state index in [4.69, 9.17) is 5.73 Å². The number of hydrogen-bond donors (Lipinski definition) is 2. The van der Waals surface area contributed by atoms with Crippen LogP contribution < -0.4 is 5.73 Å². The Kier molecular flexibility index (Phi) is 4.00. The summed E-state index contributed by atoms with van der Waals surface area (Å²) in [6.45, 7) is 2.14. The van der Waals surface area contributed by atoms with E-state index in [9.17, 15) is 5.11 Å². The molecule has 2 heteroatoms. The van der Waals surface area contributed by atoms with Crippen LogP contribution in [-0.2, 0) is 12.8 Å². The van der Waals surface area contributed by atoms with E-state index in [-0.39, 0.29) is 0 Å². The number of anilines is 1. The highest BCUT2D eigenvalue weighted by atomic mass is 16.3. The molecule has 0 aromatic heterocycles. The van der Waals surface area contributed by atoms with Crippen LogP contribution >= 0.6 is 0 Å². The molecule has 0 heterocycles. The van der Waals surface area contributed by atoms with Gasteiger partial charge >= 0.3 is 0 Å². The normalized spacial score (nSPS) is 12.3. The number of aliphatic hydroxyl groups excluding tert-OH is 1. The smallest absolute Gasteiger partial charge is 0.0830 e. The Balaban J connectivity index is 2.05. The molecule has 0 radical (unpaired) electrons. The fourth-order valence-corrected chi connectivity index (χ4v) is 1.97. The van der Waals surface area contributed by atoms with Crippen molar-refractivity contribution in [2.24, 2.45) is 0 Å². The molecule has 2 rings (SSSR count). The van der Waals surface area contributed by atoms with Gasteiger partial charge in [-0.1, -0.05) is 43.3 Å². The van der Waals surface area contributed by atoms with Gasteiger partial charge in [0.1, 0.15) is 0 Å². The van der Waals surface area contributed by atoms with E-state index in [0.29, 0.717) is 6.42 Å². The Bertz CT molecular complexity index is 488. The Morgan fingerprint density at radius 2 is 1.50 bits per heavy atom. The van der Waals surface area contributed by atoms with Gasteiger partial charge in [0.05, 0.1) is 6.10 Å². The number of nitrogens with two attached hydrogens (primary N) is 1. The lowest BCUT2D eigenvalue weighted by Gasteiger charge is -2.11. The van der Waals surface area contributed by atoms with Crippen molar-refractivity contribution in [2.45, 2.75) is 25.9 Å². The van der Waals surface area contributed by atoms with Crippen LogP contribution in [0.1, 0.15) is 29.7 Å². The van der Waals surface area contributed by atoms with E-state index < -0.39 is 6.10 Å². The lowest BCUT2D eigenvalue weighted by Crippen LogP contribution is -2.02. The third kappa shape index (κ3) is 3.11. The second-order valence-corrected chi connectivity index (χ2v) is 4.56. The van der Waals surface area contributed by atoms with Crippen LogP contribution in [0.3, 0.4) is 0 Å². The van der Waals surface area contributed by atoms with Crippen molar-refractivity contribution >= 4 is 5.69 Å². The predicted octanol–water partition coefficient (Wildman–Crippen LogP) is 3.11. The summed E-state index contributed by atoms with van der Waals surface area (Å²) in [6.07, 6.45) is 1.20. The average molecular weight is 241 g/mol. The quantitative estimate of drug-likeness (QED) is 0.808. The molecule has 1 atom stereocenters. The minimum atomic E-state index is -0.474. The lowest BCUT2D eigenvalue weighted by molar-refractivity contribution is 0.178. The zero-order valence-corrected chi connectivity index (χ0v) is 10.6. The average Bonchev–Trinajstić information content (AvgIpc) is 2.40. The van der Waals surface area contributed by atoms with Crippen LogP contribution in [0.25, 0.3) is 0 Å². The topological polar surface area (TPSA) is 46.2 Å². The van der Waals surface area contributed by atoms with Gasteiger partial charge < -0.3 is 10.8 Å². The Morgan fingerprint density at radius 3 is 2.06 bits per heavy atom. The molecule has 0 saturated carbocycles. The van der Waals surface area contributed by atoms with Gasteiger partial charge in [-0.05, 0) is 35.2 Å². The molecule has 18 heavy (non-hydrogen) atoms. The van der Waals surface area contributed by atoms with E-state index in [1.54, 1.807) is 0 Å². The van der Waals surface area contributed by atoms with Gasteiger partial charge in [0.15, 0.2) is 0 Å². The van der Waals surface area contributed by atoms with E-state index >= 15 is 0 Å². The SMILES string of the molecule is CCc1ccc(CC(O)c2ccc(N)cc2)cc1. The highest BCUT2D eigenvalue weighted by molar-refractivity contribution is 5.40. The van der Waals surface area contributed by atoms with E-state index in [2.05, 4.69) is 31.2 Å². The minimum absolute atomic E-state index is 0.474. The number of aryl methyl sites for hydroxylation is 1. The second-order valence-electron chi connectivity index (χ2n) is 4.56. The van der Waals surface area contributed by atoms with Crippen LogP contribution in [-0.4, -0.2) is 5.11 Å². The minimum Gasteiger partial charge on any atom is -0.399 e. The fourth-order valence-electron chi connectivity index (χ4n) is 1.97. The van der Waals surface area contributed by atoms with E-state index in [1.807, 2.05) is 24.3 Å². The third-order valence-corrected chi connectivity index (χ3v) is 3.18.